The van der Waals surface area contributed by atoms with Crippen LogP contribution >= 0.6 is 15.9 Å². The third kappa shape index (κ3) is 3.48. The summed E-state index contributed by atoms with van der Waals surface area (Å²) in [6, 6.07) is 4.04. The number of hydrogen-bond donors (Lipinski definition) is 0. The van der Waals surface area contributed by atoms with Crippen molar-refractivity contribution in [1.82, 2.24) is 19.9 Å². The minimum atomic E-state index is -0.467. The zero-order valence-electron chi connectivity index (χ0n) is 14.4. The molecule has 1 saturated heterocycles. The molecule has 7 nitrogen and oxygen atoms in total. The van der Waals surface area contributed by atoms with Gasteiger partial charge in [0.25, 0.3) is 0 Å². The molecule has 0 bridgehead atoms. The van der Waals surface area contributed by atoms with Crippen molar-refractivity contribution in [3.63, 3.8) is 0 Å². The van der Waals surface area contributed by atoms with Crippen LogP contribution in [-0.2, 0) is 11.8 Å². The van der Waals surface area contributed by atoms with Crippen LogP contribution in [0.25, 0.3) is 11.0 Å². The van der Waals surface area contributed by atoms with Gasteiger partial charge >= 0.3 is 6.09 Å². The number of nitrogens with zero attached hydrogens (tertiary/aromatic N) is 5. The summed E-state index contributed by atoms with van der Waals surface area (Å²) in [5.41, 5.74) is 2.30. The SMILES string of the molecule is Cn1nc2c(Br)ccc(N3CCN(C(=O)OC(C)(C)C)CC3)c2n1. The molecule has 0 saturated carbocycles. The second kappa shape index (κ2) is 6.23. The molecule has 0 spiro atoms. The number of amides is 1. The van der Waals surface area contributed by atoms with Crippen LogP contribution in [0.1, 0.15) is 20.8 Å². The molecule has 0 unspecified atom stereocenters. The maximum Gasteiger partial charge on any atom is 0.410 e. The first-order chi connectivity index (χ1) is 11.2. The van der Waals surface area contributed by atoms with Crippen molar-refractivity contribution in [1.29, 1.82) is 0 Å². The number of carbonyl (C=O) groups excluding carboxylic acids is 1. The summed E-state index contributed by atoms with van der Waals surface area (Å²) in [4.78, 5) is 17.7. The number of fused-ring (bicyclic) bond motifs is 1. The summed E-state index contributed by atoms with van der Waals surface area (Å²) in [7, 11) is 1.82. The molecule has 2 aromatic rings. The van der Waals surface area contributed by atoms with E-state index in [1.54, 1.807) is 9.70 Å². The highest BCUT2D eigenvalue weighted by Crippen LogP contribution is 2.30. The highest BCUT2D eigenvalue weighted by Gasteiger charge is 2.27. The Morgan fingerprint density at radius 3 is 2.38 bits per heavy atom. The number of anilines is 1. The van der Waals surface area contributed by atoms with Gasteiger partial charge in [-0.25, -0.2) is 4.79 Å². The van der Waals surface area contributed by atoms with E-state index in [9.17, 15) is 4.79 Å². The third-order valence-electron chi connectivity index (χ3n) is 3.84. The lowest BCUT2D eigenvalue weighted by atomic mass is 10.2. The fourth-order valence-electron chi connectivity index (χ4n) is 2.76. The van der Waals surface area contributed by atoms with E-state index in [0.717, 1.165) is 34.3 Å². The van der Waals surface area contributed by atoms with Crippen molar-refractivity contribution in [2.24, 2.45) is 7.05 Å². The third-order valence-corrected chi connectivity index (χ3v) is 4.48. The van der Waals surface area contributed by atoms with E-state index in [2.05, 4.69) is 31.0 Å². The summed E-state index contributed by atoms with van der Waals surface area (Å²) in [6.45, 7) is 8.40. The molecular weight excluding hydrogens is 374 g/mol. The number of benzene rings is 1. The second-order valence-corrected chi connectivity index (χ2v) is 7.76. The average molecular weight is 396 g/mol. The van der Waals surface area contributed by atoms with Gasteiger partial charge in [-0.2, -0.15) is 15.0 Å². The number of aromatic nitrogens is 3. The predicted octanol–water partition coefficient (Wildman–Crippen LogP) is 2.79. The number of piperazine rings is 1. The molecule has 3 rings (SSSR count). The largest absolute Gasteiger partial charge is 0.444 e. The smallest absolute Gasteiger partial charge is 0.410 e. The Hall–Kier alpha value is -1.83. The molecule has 0 radical (unpaired) electrons. The second-order valence-electron chi connectivity index (χ2n) is 6.91. The highest BCUT2D eigenvalue weighted by molar-refractivity contribution is 9.10. The van der Waals surface area contributed by atoms with Gasteiger partial charge in [0.15, 0.2) is 0 Å². The predicted molar refractivity (Wildman–Crippen MR) is 96.2 cm³/mol. The van der Waals surface area contributed by atoms with Crippen molar-refractivity contribution in [2.45, 2.75) is 26.4 Å². The molecular formula is C16H22BrN5O2. The van der Waals surface area contributed by atoms with E-state index in [0.29, 0.717) is 13.1 Å². The molecule has 24 heavy (non-hydrogen) atoms. The van der Waals surface area contributed by atoms with E-state index < -0.39 is 5.60 Å². The molecule has 1 aromatic heterocycles. The zero-order chi connectivity index (χ0) is 17.5. The van der Waals surface area contributed by atoms with Crippen LogP contribution in [0, 0.1) is 0 Å². The molecule has 1 aliphatic rings. The van der Waals surface area contributed by atoms with Crippen molar-refractivity contribution in [2.75, 3.05) is 31.1 Å². The Morgan fingerprint density at radius 1 is 1.12 bits per heavy atom. The van der Waals surface area contributed by atoms with Gasteiger partial charge in [-0.05, 0) is 48.8 Å². The maximum absolute atomic E-state index is 12.2. The molecule has 0 N–H and O–H groups in total. The molecule has 1 aromatic carbocycles. The van der Waals surface area contributed by atoms with Crippen molar-refractivity contribution in [3.05, 3.63) is 16.6 Å². The van der Waals surface area contributed by atoms with Crippen LogP contribution in [0.2, 0.25) is 0 Å². The summed E-state index contributed by atoms with van der Waals surface area (Å²) >= 11 is 3.52. The fourth-order valence-corrected chi connectivity index (χ4v) is 3.16. The molecule has 1 fully saturated rings. The monoisotopic (exact) mass is 395 g/mol. The first-order valence-corrected chi connectivity index (χ1v) is 8.76. The quantitative estimate of drug-likeness (QED) is 0.742. The summed E-state index contributed by atoms with van der Waals surface area (Å²) in [6.07, 6.45) is -0.248. The summed E-state index contributed by atoms with van der Waals surface area (Å²) in [5, 5.41) is 8.88. The molecule has 0 atom stereocenters. The van der Waals surface area contributed by atoms with Gasteiger partial charge in [-0.15, -0.1) is 0 Å². The molecule has 0 aliphatic carbocycles. The molecule has 2 heterocycles. The van der Waals surface area contributed by atoms with Gasteiger partial charge in [-0.3, -0.25) is 0 Å². The van der Waals surface area contributed by atoms with Gasteiger partial charge in [0.2, 0.25) is 0 Å². The molecule has 1 aliphatic heterocycles. The van der Waals surface area contributed by atoms with Crippen LogP contribution in [0.4, 0.5) is 10.5 Å². The van der Waals surface area contributed by atoms with E-state index in [4.69, 9.17) is 4.74 Å². The lowest BCUT2D eigenvalue weighted by molar-refractivity contribution is 0.0241. The topological polar surface area (TPSA) is 63.5 Å². The van der Waals surface area contributed by atoms with E-state index in [-0.39, 0.29) is 6.09 Å². The van der Waals surface area contributed by atoms with Crippen molar-refractivity contribution in [3.8, 4) is 0 Å². The van der Waals surface area contributed by atoms with Gasteiger partial charge in [0, 0.05) is 37.7 Å². The van der Waals surface area contributed by atoms with E-state index in [1.807, 2.05) is 40.0 Å². The highest BCUT2D eigenvalue weighted by atomic mass is 79.9. The van der Waals surface area contributed by atoms with Crippen molar-refractivity contribution < 1.29 is 9.53 Å². The lowest BCUT2D eigenvalue weighted by Gasteiger charge is -2.36. The number of ether oxygens (including phenoxy) is 1. The van der Waals surface area contributed by atoms with Gasteiger partial charge < -0.3 is 14.5 Å². The number of aryl methyl sites for hydroxylation is 1. The normalized spacial score (nSPS) is 15.9. The fraction of sp³-hybridized carbons (Fsp3) is 0.562. The number of carbonyl (C=O) groups is 1. The van der Waals surface area contributed by atoms with Crippen LogP contribution in [0.15, 0.2) is 16.6 Å². The molecule has 130 valence electrons. The zero-order valence-corrected chi connectivity index (χ0v) is 16.0. The van der Waals surface area contributed by atoms with E-state index in [1.165, 1.54) is 0 Å². The number of hydrogen-bond acceptors (Lipinski definition) is 5. The van der Waals surface area contributed by atoms with Crippen molar-refractivity contribution >= 4 is 38.7 Å². The Kier molecular flexibility index (Phi) is 4.42. The summed E-state index contributed by atoms with van der Waals surface area (Å²) < 4.78 is 6.38. The van der Waals surface area contributed by atoms with Gasteiger partial charge in [-0.1, -0.05) is 0 Å². The molecule has 1 amide bonds. The van der Waals surface area contributed by atoms with Crippen LogP contribution in [0.5, 0.6) is 0 Å². The van der Waals surface area contributed by atoms with Crippen LogP contribution in [0.3, 0.4) is 0 Å². The van der Waals surface area contributed by atoms with Gasteiger partial charge in [0.05, 0.1) is 5.69 Å². The first kappa shape index (κ1) is 17.0. The Balaban J connectivity index is 1.74. The minimum absolute atomic E-state index is 0.248. The first-order valence-electron chi connectivity index (χ1n) is 7.97. The van der Waals surface area contributed by atoms with Crippen LogP contribution < -0.4 is 4.90 Å². The number of rotatable bonds is 1. The van der Waals surface area contributed by atoms with Gasteiger partial charge in [0.1, 0.15) is 16.6 Å². The Morgan fingerprint density at radius 2 is 1.75 bits per heavy atom. The molecule has 8 heteroatoms. The minimum Gasteiger partial charge on any atom is -0.444 e. The van der Waals surface area contributed by atoms with Crippen LogP contribution in [-0.4, -0.2) is 57.8 Å². The Labute approximate surface area is 149 Å². The maximum atomic E-state index is 12.2. The standard InChI is InChI=1S/C16H22BrN5O2/c1-16(2,3)24-15(23)22-9-7-21(8-10-22)12-6-5-11(17)13-14(12)19-20(4)18-13/h5-6H,7-10H2,1-4H3. The number of halogens is 1. The Bertz CT molecular complexity index is 760. The summed E-state index contributed by atoms with van der Waals surface area (Å²) in [5.74, 6) is 0. The lowest BCUT2D eigenvalue weighted by Crippen LogP contribution is -2.50. The average Bonchev–Trinajstić information content (AvgIpc) is 2.88. The van der Waals surface area contributed by atoms with E-state index >= 15 is 0 Å².